The maximum atomic E-state index is 14.4. The average Bonchev–Trinajstić information content (AvgIpc) is 2.76. The number of carbonyl (C=O) groups is 2. The standard InChI is InChI=1S/C22H17F4N3O3/c23-18-8-17-14(6-16(11-30)28-21(17)32)7-19(18)27-9-20(31)29-4-3-12-5-15(22(24,25)26)2-1-13(12)10-29/h1-2,5-8,11,27H,3-4,9-10H2,(H,28,32). The van der Waals surface area contributed by atoms with Crippen molar-refractivity contribution in [2.24, 2.45) is 0 Å². The summed E-state index contributed by atoms with van der Waals surface area (Å²) in [6, 6.07) is 7.22. The first kappa shape index (κ1) is 21.5. The Morgan fingerprint density at radius 3 is 2.66 bits per heavy atom. The van der Waals surface area contributed by atoms with Gasteiger partial charge in [-0.3, -0.25) is 14.4 Å². The van der Waals surface area contributed by atoms with Crippen molar-refractivity contribution in [2.75, 3.05) is 18.4 Å². The molecule has 0 saturated carbocycles. The number of hydrogen-bond donors (Lipinski definition) is 2. The van der Waals surface area contributed by atoms with Gasteiger partial charge in [-0.2, -0.15) is 13.2 Å². The van der Waals surface area contributed by atoms with Crippen molar-refractivity contribution >= 4 is 28.7 Å². The van der Waals surface area contributed by atoms with E-state index in [-0.39, 0.29) is 48.7 Å². The number of H-pyrrole nitrogens is 1. The number of aldehydes is 1. The van der Waals surface area contributed by atoms with Crippen LogP contribution in [-0.4, -0.2) is 35.2 Å². The molecule has 0 spiro atoms. The van der Waals surface area contributed by atoms with Crippen LogP contribution in [0.4, 0.5) is 23.2 Å². The van der Waals surface area contributed by atoms with Gasteiger partial charge in [0.25, 0.3) is 5.56 Å². The van der Waals surface area contributed by atoms with E-state index in [0.717, 1.165) is 18.2 Å². The van der Waals surface area contributed by atoms with Crippen LogP contribution in [0, 0.1) is 5.82 Å². The number of rotatable bonds is 4. The fraction of sp³-hybridized carbons (Fsp3) is 0.227. The number of pyridine rings is 1. The average molecular weight is 447 g/mol. The van der Waals surface area contributed by atoms with Gasteiger partial charge in [0.2, 0.25) is 5.91 Å². The number of nitrogens with zero attached hydrogens (tertiary/aromatic N) is 1. The Balaban J connectivity index is 1.47. The first-order valence-corrected chi connectivity index (χ1v) is 9.68. The van der Waals surface area contributed by atoms with E-state index in [1.165, 1.54) is 23.1 Å². The SMILES string of the molecule is O=Cc1cc2cc(NCC(=O)N3CCc4cc(C(F)(F)F)ccc4C3)c(F)cc2c(=O)[nH]1. The van der Waals surface area contributed by atoms with E-state index in [9.17, 15) is 31.9 Å². The summed E-state index contributed by atoms with van der Waals surface area (Å²) in [5, 5.41) is 3.10. The smallest absolute Gasteiger partial charge is 0.374 e. The Labute approximate surface area is 178 Å². The number of carbonyl (C=O) groups excluding carboxylic acids is 2. The van der Waals surface area contributed by atoms with E-state index in [2.05, 4.69) is 10.3 Å². The third-order valence-electron chi connectivity index (χ3n) is 5.41. The van der Waals surface area contributed by atoms with Crippen molar-refractivity contribution < 1.29 is 27.2 Å². The second kappa shape index (κ2) is 8.10. The largest absolute Gasteiger partial charge is 0.416 e. The topological polar surface area (TPSA) is 82.3 Å². The fourth-order valence-corrected chi connectivity index (χ4v) is 3.73. The number of aromatic nitrogens is 1. The van der Waals surface area contributed by atoms with E-state index in [1.807, 2.05) is 0 Å². The minimum atomic E-state index is -4.42. The lowest BCUT2D eigenvalue weighted by Crippen LogP contribution is -2.39. The molecule has 0 fully saturated rings. The molecule has 1 aromatic heterocycles. The predicted octanol–water partition coefficient (Wildman–Crippen LogP) is 3.50. The van der Waals surface area contributed by atoms with Crippen molar-refractivity contribution in [3.63, 3.8) is 0 Å². The number of nitrogens with one attached hydrogen (secondary N) is 2. The van der Waals surface area contributed by atoms with Gasteiger partial charge in [0.15, 0.2) is 6.29 Å². The third-order valence-corrected chi connectivity index (χ3v) is 5.41. The zero-order chi connectivity index (χ0) is 23.0. The quantitative estimate of drug-likeness (QED) is 0.474. The first-order valence-electron chi connectivity index (χ1n) is 9.68. The second-order valence-electron chi connectivity index (χ2n) is 7.49. The molecule has 2 N–H and O–H groups in total. The molecule has 2 aromatic carbocycles. The van der Waals surface area contributed by atoms with Crippen LogP contribution in [-0.2, 0) is 23.9 Å². The molecule has 2 heterocycles. The van der Waals surface area contributed by atoms with Gasteiger partial charge in [0.1, 0.15) is 5.82 Å². The number of alkyl halides is 3. The zero-order valence-electron chi connectivity index (χ0n) is 16.6. The number of aromatic amines is 1. The highest BCUT2D eigenvalue weighted by atomic mass is 19.4. The third kappa shape index (κ3) is 4.20. The lowest BCUT2D eigenvalue weighted by atomic mass is 9.97. The fourth-order valence-electron chi connectivity index (χ4n) is 3.73. The van der Waals surface area contributed by atoms with Crippen LogP contribution in [0.3, 0.4) is 0 Å². The van der Waals surface area contributed by atoms with Gasteiger partial charge in [0, 0.05) is 13.1 Å². The van der Waals surface area contributed by atoms with Crippen molar-refractivity contribution in [3.8, 4) is 0 Å². The van der Waals surface area contributed by atoms with E-state index >= 15 is 0 Å². The molecule has 4 rings (SSSR count). The highest BCUT2D eigenvalue weighted by Gasteiger charge is 2.32. The lowest BCUT2D eigenvalue weighted by molar-refractivity contribution is -0.137. The maximum Gasteiger partial charge on any atom is 0.416 e. The van der Waals surface area contributed by atoms with Gasteiger partial charge in [0.05, 0.1) is 28.9 Å². The summed E-state index contributed by atoms with van der Waals surface area (Å²) in [5.41, 5.74) is -0.117. The van der Waals surface area contributed by atoms with Gasteiger partial charge in [-0.05, 0) is 53.3 Å². The van der Waals surface area contributed by atoms with Crippen LogP contribution in [0.1, 0.15) is 27.2 Å². The van der Waals surface area contributed by atoms with Crippen molar-refractivity contribution in [1.82, 2.24) is 9.88 Å². The van der Waals surface area contributed by atoms with Crippen molar-refractivity contribution in [3.05, 3.63) is 75.0 Å². The highest BCUT2D eigenvalue weighted by Crippen LogP contribution is 2.32. The van der Waals surface area contributed by atoms with Crippen LogP contribution >= 0.6 is 0 Å². The molecule has 32 heavy (non-hydrogen) atoms. The number of halogens is 4. The van der Waals surface area contributed by atoms with Gasteiger partial charge in [-0.25, -0.2) is 4.39 Å². The van der Waals surface area contributed by atoms with Gasteiger partial charge in [-0.15, -0.1) is 0 Å². The van der Waals surface area contributed by atoms with Crippen LogP contribution in [0.15, 0.2) is 41.2 Å². The summed E-state index contributed by atoms with van der Waals surface area (Å²) in [6.07, 6.45) is -3.67. The number of hydrogen-bond acceptors (Lipinski definition) is 4. The second-order valence-corrected chi connectivity index (χ2v) is 7.49. The van der Waals surface area contributed by atoms with Gasteiger partial charge in [-0.1, -0.05) is 6.07 Å². The summed E-state index contributed by atoms with van der Waals surface area (Å²) in [5.74, 6) is -1.09. The Morgan fingerprint density at radius 2 is 1.94 bits per heavy atom. The van der Waals surface area contributed by atoms with Gasteiger partial charge < -0.3 is 15.2 Å². The molecular formula is C22H17F4N3O3. The summed E-state index contributed by atoms with van der Waals surface area (Å²) in [7, 11) is 0. The highest BCUT2D eigenvalue weighted by molar-refractivity contribution is 5.90. The molecule has 0 bridgehead atoms. The number of anilines is 1. The summed E-state index contributed by atoms with van der Waals surface area (Å²) in [4.78, 5) is 39.3. The molecule has 3 aromatic rings. The van der Waals surface area contributed by atoms with Crippen LogP contribution in [0.25, 0.3) is 10.8 Å². The molecule has 1 aliphatic heterocycles. The summed E-state index contributed by atoms with van der Waals surface area (Å²) in [6.45, 7) is 0.154. The Morgan fingerprint density at radius 1 is 1.16 bits per heavy atom. The summed E-state index contributed by atoms with van der Waals surface area (Å²) >= 11 is 0. The lowest BCUT2D eigenvalue weighted by Gasteiger charge is -2.29. The molecule has 0 radical (unpaired) electrons. The normalized spacial score (nSPS) is 13.7. The van der Waals surface area contributed by atoms with Gasteiger partial charge >= 0.3 is 6.18 Å². The molecular weight excluding hydrogens is 430 g/mol. The number of fused-ring (bicyclic) bond motifs is 2. The molecule has 6 nitrogen and oxygen atoms in total. The monoisotopic (exact) mass is 447 g/mol. The number of benzene rings is 2. The number of amides is 1. The molecule has 0 unspecified atom stereocenters. The van der Waals surface area contributed by atoms with E-state index < -0.39 is 23.1 Å². The van der Waals surface area contributed by atoms with Crippen molar-refractivity contribution in [1.29, 1.82) is 0 Å². The minimum absolute atomic E-state index is 0.0134. The molecule has 0 saturated heterocycles. The molecule has 0 aliphatic carbocycles. The molecule has 0 atom stereocenters. The zero-order valence-corrected chi connectivity index (χ0v) is 16.6. The van der Waals surface area contributed by atoms with Crippen LogP contribution in [0.2, 0.25) is 0 Å². The molecule has 166 valence electrons. The maximum absolute atomic E-state index is 14.4. The minimum Gasteiger partial charge on any atom is -0.374 e. The molecule has 10 heteroatoms. The van der Waals surface area contributed by atoms with Crippen molar-refractivity contribution in [2.45, 2.75) is 19.1 Å². The Bertz CT molecular complexity index is 1280. The van der Waals surface area contributed by atoms with Crippen LogP contribution in [0.5, 0.6) is 0 Å². The summed E-state index contributed by atoms with van der Waals surface area (Å²) < 4.78 is 53.0. The Kier molecular flexibility index (Phi) is 5.45. The molecule has 1 aliphatic rings. The first-order chi connectivity index (χ1) is 15.2. The van der Waals surface area contributed by atoms with Crippen LogP contribution < -0.4 is 10.9 Å². The predicted molar refractivity (Wildman–Crippen MR) is 109 cm³/mol. The van der Waals surface area contributed by atoms with E-state index in [0.29, 0.717) is 22.8 Å². The molecule has 1 amide bonds. The van der Waals surface area contributed by atoms with E-state index in [1.54, 1.807) is 0 Å². The van der Waals surface area contributed by atoms with E-state index in [4.69, 9.17) is 0 Å². The Hall–Kier alpha value is -3.69.